The van der Waals surface area contributed by atoms with Crippen molar-refractivity contribution in [3.8, 4) is 0 Å². The maximum absolute atomic E-state index is 11.8. The minimum atomic E-state index is -2.54. The third kappa shape index (κ3) is 4.61. The molecule has 1 rings (SSSR count). The predicted molar refractivity (Wildman–Crippen MR) is 67.3 cm³/mol. The summed E-state index contributed by atoms with van der Waals surface area (Å²) in [5, 5.41) is 0.934. The molecule has 1 aromatic carbocycles. The molecule has 6 heteroatoms. The van der Waals surface area contributed by atoms with E-state index in [1.807, 2.05) is 14.8 Å². The standard InChI is InChI=1S/C6H4Cl2O2S.3CH3.Sn/c7-4-1-2-5(8)6(3-4)11(9)10;;;;/h1-3H,(H,9,10);3*1H3;/q;;;;+1/p-1. The van der Waals surface area contributed by atoms with Crippen LogP contribution in [-0.2, 0) is 13.6 Å². The summed E-state index contributed by atoms with van der Waals surface area (Å²) in [6.45, 7) is 0. The summed E-state index contributed by atoms with van der Waals surface area (Å²) in [4.78, 5) is 6.55. The van der Waals surface area contributed by atoms with Gasteiger partial charge in [0, 0.05) is 0 Å². The van der Waals surface area contributed by atoms with Gasteiger partial charge in [0.25, 0.3) is 0 Å². The summed E-state index contributed by atoms with van der Waals surface area (Å²) in [7, 11) is 0. The van der Waals surface area contributed by atoms with E-state index in [9.17, 15) is 4.21 Å². The molecule has 1 unspecified atom stereocenters. The van der Waals surface area contributed by atoms with Gasteiger partial charge in [-0.05, 0) is 0 Å². The third-order valence-corrected chi connectivity index (χ3v) is 9.00. The molecule has 0 aromatic heterocycles. The second kappa shape index (κ2) is 5.36. The van der Waals surface area contributed by atoms with E-state index in [-0.39, 0.29) is 0 Å². The van der Waals surface area contributed by atoms with Gasteiger partial charge in [0.1, 0.15) is 0 Å². The maximum atomic E-state index is 11.8. The number of halogens is 2. The van der Waals surface area contributed by atoms with Gasteiger partial charge in [-0.2, -0.15) is 0 Å². The molecule has 0 saturated heterocycles. The molecule has 0 N–H and O–H groups in total. The SMILES string of the molecule is [CH3][Sn]([CH3])([CH3])[O]S(=O)c1cc(Cl)ccc1Cl. The molecule has 0 spiro atoms. The molecular weight excluding hydrogens is 362 g/mol. The summed E-state index contributed by atoms with van der Waals surface area (Å²) < 4.78 is 17.3. The van der Waals surface area contributed by atoms with Crippen molar-refractivity contribution in [2.45, 2.75) is 19.7 Å². The van der Waals surface area contributed by atoms with Crippen molar-refractivity contribution in [2.75, 3.05) is 0 Å². The number of hydrogen-bond acceptors (Lipinski definition) is 2. The first-order valence-corrected chi connectivity index (χ1v) is 15.9. The van der Waals surface area contributed by atoms with Gasteiger partial charge >= 0.3 is 108 Å². The first kappa shape index (κ1) is 13.8. The van der Waals surface area contributed by atoms with Crippen molar-refractivity contribution in [3.63, 3.8) is 0 Å². The fourth-order valence-corrected chi connectivity index (χ4v) is 7.07. The van der Waals surface area contributed by atoms with E-state index in [2.05, 4.69) is 0 Å². The van der Waals surface area contributed by atoms with Crippen LogP contribution >= 0.6 is 23.2 Å². The van der Waals surface area contributed by atoms with Crippen molar-refractivity contribution < 1.29 is 6.73 Å². The van der Waals surface area contributed by atoms with Crippen LogP contribution in [0.15, 0.2) is 23.1 Å². The van der Waals surface area contributed by atoms with Crippen LogP contribution in [0.5, 0.6) is 0 Å². The Morgan fingerprint density at radius 3 is 2.40 bits per heavy atom. The molecule has 0 amide bonds. The molecule has 0 fully saturated rings. The predicted octanol–water partition coefficient (Wildman–Crippen LogP) is 3.87. The van der Waals surface area contributed by atoms with Gasteiger partial charge in [-0.3, -0.25) is 0 Å². The molecule has 0 aliphatic heterocycles. The summed E-state index contributed by atoms with van der Waals surface area (Å²) >= 11 is 7.68. The molecule has 0 bridgehead atoms. The molecule has 2 nitrogen and oxygen atoms in total. The van der Waals surface area contributed by atoms with E-state index in [0.717, 1.165) is 0 Å². The van der Waals surface area contributed by atoms with Crippen LogP contribution in [-0.4, -0.2) is 23.0 Å². The Bertz CT molecular complexity index is 390. The Labute approximate surface area is 107 Å². The van der Waals surface area contributed by atoms with Crippen molar-refractivity contribution >= 4 is 53.1 Å². The molecular formula is C9H12Cl2O2SSn. The number of hydrogen-bond donors (Lipinski definition) is 0. The molecule has 0 aliphatic rings. The third-order valence-electron chi connectivity index (χ3n) is 1.40. The fraction of sp³-hybridized carbons (Fsp3) is 0.333. The summed E-state index contributed by atoms with van der Waals surface area (Å²) in [5.74, 6) is 0. The monoisotopic (exact) mass is 374 g/mol. The van der Waals surface area contributed by atoms with Gasteiger partial charge in [0.2, 0.25) is 0 Å². The zero-order valence-corrected chi connectivity index (χ0v) is 13.9. The van der Waals surface area contributed by atoms with Crippen LogP contribution in [0.3, 0.4) is 0 Å². The van der Waals surface area contributed by atoms with Gasteiger partial charge in [-0.15, -0.1) is 0 Å². The van der Waals surface area contributed by atoms with Crippen molar-refractivity contribution in [1.82, 2.24) is 0 Å². The zero-order chi connectivity index (χ0) is 11.6. The molecule has 1 aromatic rings. The normalized spacial score (nSPS) is 13.9. The van der Waals surface area contributed by atoms with Gasteiger partial charge in [-0.1, -0.05) is 0 Å². The fourth-order valence-electron chi connectivity index (χ4n) is 0.877. The van der Waals surface area contributed by atoms with Crippen LogP contribution in [0.2, 0.25) is 24.9 Å². The van der Waals surface area contributed by atoms with Gasteiger partial charge in [0.15, 0.2) is 0 Å². The Morgan fingerprint density at radius 2 is 1.87 bits per heavy atom. The zero-order valence-electron chi connectivity index (χ0n) is 8.71. The van der Waals surface area contributed by atoms with E-state index in [0.29, 0.717) is 14.9 Å². The molecule has 1 atom stereocenters. The number of rotatable bonds is 3. The van der Waals surface area contributed by atoms with E-state index in [1.54, 1.807) is 18.2 Å². The van der Waals surface area contributed by atoms with Crippen LogP contribution in [0.25, 0.3) is 0 Å². The van der Waals surface area contributed by atoms with Crippen LogP contribution in [0, 0.1) is 0 Å². The van der Waals surface area contributed by atoms with E-state index in [4.69, 9.17) is 25.7 Å². The average molecular weight is 374 g/mol. The van der Waals surface area contributed by atoms with E-state index >= 15 is 0 Å². The van der Waals surface area contributed by atoms with Crippen LogP contribution < -0.4 is 0 Å². The van der Waals surface area contributed by atoms with Gasteiger partial charge < -0.3 is 0 Å². The Morgan fingerprint density at radius 1 is 1.27 bits per heavy atom. The van der Waals surface area contributed by atoms with Crippen molar-refractivity contribution in [3.05, 3.63) is 28.2 Å². The molecule has 84 valence electrons. The first-order chi connectivity index (χ1) is 6.79. The number of benzene rings is 1. The van der Waals surface area contributed by atoms with Crippen LogP contribution in [0.4, 0.5) is 0 Å². The topological polar surface area (TPSA) is 26.3 Å². The van der Waals surface area contributed by atoms with Crippen molar-refractivity contribution in [1.29, 1.82) is 0 Å². The second-order valence-electron chi connectivity index (χ2n) is 4.01. The Balaban J connectivity index is 2.96. The Hall–Kier alpha value is 0.709. The van der Waals surface area contributed by atoms with E-state index < -0.39 is 29.9 Å². The average Bonchev–Trinajstić information content (AvgIpc) is 2.06. The Kier molecular flexibility index (Phi) is 4.92. The second-order valence-corrected chi connectivity index (χ2v) is 19.4. The molecule has 0 saturated carbocycles. The minimum absolute atomic E-state index is 0.424. The van der Waals surface area contributed by atoms with Gasteiger partial charge in [0.05, 0.1) is 0 Å². The van der Waals surface area contributed by atoms with Gasteiger partial charge in [-0.25, -0.2) is 0 Å². The first-order valence-electron chi connectivity index (χ1n) is 4.36. The molecule has 0 radical (unpaired) electrons. The summed E-state index contributed by atoms with van der Waals surface area (Å²) in [6, 6.07) is 4.86. The van der Waals surface area contributed by atoms with Crippen molar-refractivity contribution in [2.24, 2.45) is 0 Å². The molecule has 15 heavy (non-hydrogen) atoms. The molecule has 0 heterocycles. The molecule has 0 aliphatic carbocycles. The summed E-state index contributed by atoms with van der Waals surface area (Å²) in [6.07, 6.45) is 0. The quantitative estimate of drug-likeness (QED) is 0.752. The summed E-state index contributed by atoms with van der Waals surface area (Å²) in [5.41, 5.74) is 0. The van der Waals surface area contributed by atoms with E-state index in [1.165, 1.54) is 0 Å². The van der Waals surface area contributed by atoms with Crippen LogP contribution in [0.1, 0.15) is 0 Å².